The summed E-state index contributed by atoms with van der Waals surface area (Å²) < 4.78 is 14.9. The van der Waals surface area contributed by atoms with E-state index in [2.05, 4.69) is 29.2 Å². The van der Waals surface area contributed by atoms with Gasteiger partial charge in [-0.3, -0.25) is 4.90 Å². The minimum Gasteiger partial charge on any atom is -0.293 e. The van der Waals surface area contributed by atoms with Crippen molar-refractivity contribution in [1.29, 1.82) is 0 Å². The van der Waals surface area contributed by atoms with Gasteiger partial charge in [0, 0.05) is 24.2 Å². The van der Waals surface area contributed by atoms with Crippen molar-refractivity contribution in [3.8, 4) is 11.1 Å². The van der Waals surface area contributed by atoms with Crippen molar-refractivity contribution in [2.24, 2.45) is 17.8 Å². The SMILES string of the molecule is Fc1cc(C2=CC3CCC(C2)N3CC2CC3C=CC2C3)ccc1-c1ccccc1. The van der Waals surface area contributed by atoms with Gasteiger partial charge in [-0.15, -0.1) is 0 Å². The minimum atomic E-state index is -0.113. The number of nitrogens with zero attached hydrogens (tertiary/aromatic N) is 1. The van der Waals surface area contributed by atoms with E-state index < -0.39 is 0 Å². The number of halogens is 1. The maximum absolute atomic E-state index is 14.9. The Morgan fingerprint density at radius 1 is 0.931 bits per heavy atom. The molecule has 6 rings (SSSR count). The van der Waals surface area contributed by atoms with Gasteiger partial charge >= 0.3 is 0 Å². The zero-order valence-corrected chi connectivity index (χ0v) is 16.8. The first-order valence-corrected chi connectivity index (χ1v) is 11.2. The Labute approximate surface area is 172 Å². The summed E-state index contributed by atoms with van der Waals surface area (Å²) in [6.45, 7) is 1.26. The van der Waals surface area contributed by atoms with Gasteiger partial charge in [0.15, 0.2) is 0 Å². The van der Waals surface area contributed by atoms with Gasteiger partial charge < -0.3 is 0 Å². The first-order valence-electron chi connectivity index (χ1n) is 11.2. The molecular formula is C27H28FN. The summed E-state index contributed by atoms with van der Waals surface area (Å²) in [6, 6.07) is 16.9. The summed E-state index contributed by atoms with van der Waals surface area (Å²) >= 11 is 0. The normalized spacial score (nSPS) is 32.7. The predicted octanol–water partition coefficient (Wildman–Crippen LogP) is 6.33. The Morgan fingerprint density at radius 2 is 1.83 bits per heavy atom. The van der Waals surface area contributed by atoms with Crippen LogP contribution in [0.5, 0.6) is 0 Å². The van der Waals surface area contributed by atoms with Crippen molar-refractivity contribution in [2.45, 2.75) is 44.2 Å². The van der Waals surface area contributed by atoms with Gasteiger partial charge in [0.2, 0.25) is 0 Å². The molecule has 0 amide bonds. The van der Waals surface area contributed by atoms with Crippen molar-refractivity contribution in [1.82, 2.24) is 4.90 Å². The lowest BCUT2D eigenvalue weighted by Gasteiger charge is -2.37. The van der Waals surface area contributed by atoms with Crippen LogP contribution in [0.25, 0.3) is 16.7 Å². The summed E-state index contributed by atoms with van der Waals surface area (Å²) in [7, 11) is 0. The molecule has 4 bridgehead atoms. The van der Waals surface area contributed by atoms with E-state index in [1.807, 2.05) is 36.4 Å². The third kappa shape index (κ3) is 3.09. The van der Waals surface area contributed by atoms with Crippen LogP contribution in [0.1, 0.15) is 37.7 Å². The molecule has 4 aliphatic rings. The highest BCUT2D eigenvalue weighted by Gasteiger charge is 2.42. The minimum absolute atomic E-state index is 0.113. The zero-order chi connectivity index (χ0) is 19.4. The lowest BCUT2D eigenvalue weighted by Crippen LogP contribution is -2.42. The standard InChI is InChI=1S/C27H28FN/c28-27-16-21(8-11-26(27)19-4-2-1-3-5-19)22-14-24-9-10-25(15-22)29(24)17-23-13-18-6-7-20(23)12-18/h1-8,11,14,16,18,20,23-25H,9-10,12-13,15,17H2. The molecule has 0 spiro atoms. The van der Waals surface area contributed by atoms with Crippen LogP contribution < -0.4 is 0 Å². The van der Waals surface area contributed by atoms with Crippen LogP contribution in [0, 0.1) is 23.6 Å². The molecule has 5 unspecified atom stereocenters. The maximum atomic E-state index is 14.9. The molecule has 2 fully saturated rings. The van der Waals surface area contributed by atoms with E-state index in [1.54, 1.807) is 6.07 Å². The molecule has 1 saturated carbocycles. The summed E-state index contributed by atoms with van der Waals surface area (Å²) in [6.07, 6.45) is 13.8. The second kappa shape index (κ2) is 6.95. The van der Waals surface area contributed by atoms with E-state index in [4.69, 9.17) is 0 Å². The number of hydrogen-bond donors (Lipinski definition) is 0. The predicted molar refractivity (Wildman–Crippen MR) is 117 cm³/mol. The van der Waals surface area contributed by atoms with Crippen LogP contribution >= 0.6 is 0 Å². The first-order chi connectivity index (χ1) is 14.2. The van der Waals surface area contributed by atoms with E-state index in [1.165, 1.54) is 37.8 Å². The highest BCUT2D eigenvalue weighted by atomic mass is 19.1. The van der Waals surface area contributed by atoms with Crippen LogP contribution in [-0.4, -0.2) is 23.5 Å². The number of rotatable bonds is 4. The van der Waals surface area contributed by atoms with Gasteiger partial charge in [-0.2, -0.15) is 0 Å². The van der Waals surface area contributed by atoms with E-state index in [9.17, 15) is 4.39 Å². The highest BCUT2D eigenvalue weighted by molar-refractivity contribution is 5.72. The zero-order valence-electron chi connectivity index (χ0n) is 16.8. The van der Waals surface area contributed by atoms with Gasteiger partial charge in [-0.1, -0.05) is 60.7 Å². The molecule has 1 nitrogen and oxygen atoms in total. The molecule has 0 radical (unpaired) electrons. The van der Waals surface area contributed by atoms with E-state index in [-0.39, 0.29) is 5.82 Å². The summed E-state index contributed by atoms with van der Waals surface area (Å²) in [4.78, 5) is 2.78. The van der Waals surface area contributed by atoms with E-state index in [0.29, 0.717) is 17.6 Å². The van der Waals surface area contributed by atoms with Crippen LogP contribution in [0.4, 0.5) is 4.39 Å². The summed E-state index contributed by atoms with van der Waals surface area (Å²) in [5, 5.41) is 0. The number of allylic oxidation sites excluding steroid dienone is 2. The maximum Gasteiger partial charge on any atom is 0.131 e. The fourth-order valence-electron chi connectivity index (χ4n) is 6.36. The number of fused-ring (bicyclic) bond motifs is 4. The quantitative estimate of drug-likeness (QED) is 0.556. The molecule has 29 heavy (non-hydrogen) atoms. The van der Waals surface area contributed by atoms with Crippen molar-refractivity contribution >= 4 is 5.57 Å². The highest BCUT2D eigenvalue weighted by Crippen LogP contribution is 2.46. The topological polar surface area (TPSA) is 3.24 Å². The van der Waals surface area contributed by atoms with Gasteiger partial charge in [-0.25, -0.2) is 4.39 Å². The van der Waals surface area contributed by atoms with E-state index >= 15 is 0 Å². The largest absolute Gasteiger partial charge is 0.293 e. The first kappa shape index (κ1) is 17.7. The molecule has 0 N–H and O–H groups in total. The molecule has 1 saturated heterocycles. The van der Waals surface area contributed by atoms with Crippen molar-refractivity contribution in [3.05, 3.63) is 78.1 Å². The lowest BCUT2D eigenvalue weighted by atomic mass is 9.89. The second-order valence-electron chi connectivity index (χ2n) is 9.49. The summed E-state index contributed by atoms with van der Waals surface area (Å²) in [5.41, 5.74) is 4.06. The van der Waals surface area contributed by atoms with Crippen LogP contribution in [0.15, 0.2) is 66.8 Å². The van der Waals surface area contributed by atoms with Crippen LogP contribution in [-0.2, 0) is 0 Å². The molecule has 2 heteroatoms. The van der Waals surface area contributed by atoms with Gasteiger partial charge in [0.25, 0.3) is 0 Å². The van der Waals surface area contributed by atoms with Gasteiger partial charge in [0.1, 0.15) is 5.82 Å². The molecule has 5 atom stereocenters. The monoisotopic (exact) mass is 385 g/mol. The van der Waals surface area contributed by atoms with Crippen molar-refractivity contribution in [3.63, 3.8) is 0 Å². The van der Waals surface area contributed by atoms with E-state index in [0.717, 1.165) is 35.3 Å². The molecule has 148 valence electrons. The molecule has 2 heterocycles. The lowest BCUT2D eigenvalue weighted by molar-refractivity contribution is 0.167. The third-order valence-electron chi connectivity index (χ3n) is 7.83. The Bertz CT molecular complexity index is 975. The second-order valence-corrected chi connectivity index (χ2v) is 9.49. The van der Waals surface area contributed by atoms with Crippen LogP contribution in [0.2, 0.25) is 0 Å². The fraction of sp³-hybridized carbons (Fsp3) is 0.407. The average molecular weight is 386 g/mol. The van der Waals surface area contributed by atoms with Gasteiger partial charge in [-0.05, 0) is 72.6 Å². The van der Waals surface area contributed by atoms with Crippen molar-refractivity contribution < 1.29 is 4.39 Å². The molecular weight excluding hydrogens is 357 g/mol. The third-order valence-corrected chi connectivity index (χ3v) is 7.83. The Hall–Kier alpha value is -2.19. The Balaban J connectivity index is 1.22. The molecule has 2 aliphatic carbocycles. The van der Waals surface area contributed by atoms with Gasteiger partial charge in [0.05, 0.1) is 0 Å². The number of hydrogen-bond acceptors (Lipinski definition) is 1. The Morgan fingerprint density at radius 3 is 2.55 bits per heavy atom. The molecule has 2 aromatic carbocycles. The van der Waals surface area contributed by atoms with Crippen molar-refractivity contribution in [2.75, 3.05) is 6.54 Å². The number of benzene rings is 2. The van der Waals surface area contributed by atoms with Crippen LogP contribution in [0.3, 0.4) is 0 Å². The summed E-state index contributed by atoms with van der Waals surface area (Å²) in [5.74, 6) is 2.41. The average Bonchev–Trinajstić information content (AvgIpc) is 3.42. The molecule has 0 aromatic heterocycles. The smallest absolute Gasteiger partial charge is 0.131 e. The fourth-order valence-corrected chi connectivity index (χ4v) is 6.36. The molecule has 2 aliphatic heterocycles. The molecule has 2 aromatic rings. The Kier molecular flexibility index (Phi) is 4.23.